The maximum atomic E-state index is 11.9. The van der Waals surface area contributed by atoms with E-state index < -0.39 is 0 Å². The molecule has 0 spiro atoms. The van der Waals surface area contributed by atoms with Crippen molar-refractivity contribution < 1.29 is 4.79 Å². The minimum atomic E-state index is -0.212. The van der Waals surface area contributed by atoms with Crippen LogP contribution in [0.25, 0.3) is 0 Å². The monoisotopic (exact) mass is 340 g/mol. The van der Waals surface area contributed by atoms with E-state index in [4.69, 9.17) is 0 Å². The zero-order valence-electron chi connectivity index (χ0n) is 14.5. The zero-order valence-corrected chi connectivity index (χ0v) is 14.5. The van der Waals surface area contributed by atoms with Crippen molar-refractivity contribution in [2.45, 2.75) is 19.8 Å². The lowest BCUT2D eigenvalue weighted by Gasteiger charge is -2.16. The van der Waals surface area contributed by atoms with Crippen molar-refractivity contribution in [1.29, 1.82) is 0 Å². The van der Waals surface area contributed by atoms with E-state index in [0.29, 0.717) is 13.1 Å². The highest BCUT2D eigenvalue weighted by Gasteiger charge is 2.13. The van der Waals surface area contributed by atoms with Crippen LogP contribution < -0.4 is 20.9 Å². The van der Waals surface area contributed by atoms with Gasteiger partial charge in [0, 0.05) is 37.9 Å². The number of urea groups is 1. The molecule has 1 fully saturated rings. The number of benzene rings is 1. The fourth-order valence-corrected chi connectivity index (χ4v) is 2.81. The van der Waals surface area contributed by atoms with E-state index in [9.17, 15) is 4.79 Å². The molecule has 2 heterocycles. The average Bonchev–Trinajstić information content (AvgIpc) is 3.16. The molecule has 1 aliphatic heterocycles. The number of hydrogen-bond donors (Lipinski definition) is 3. The van der Waals surface area contributed by atoms with Crippen LogP contribution in [0.5, 0.6) is 0 Å². The molecule has 0 radical (unpaired) electrons. The van der Waals surface area contributed by atoms with Gasteiger partial charge in [-0.2, -0.15) is 0 Å². The van der Waals surface area contributed by atoms with Crippen molar-refractivity contribution in [3.8, 4) is 0 Å². The molecule has 3 N–H and O–H groups in total. The van der Waals surface area contributed by atoms with Gasteiger partial charge in [0.2, 0.25) is 0 Å². The van der Waals surface area contributed by atoms with Crippen LogP contribution >= 0.6 is 0 Å². The molecular weight excluding hydrogens is 316 g/mol. The van der Waals surface area contributed by atoms with E-state index in [1.807, 2.05) is 37.3 Å². The molecule has 3 rings (SSSR count). The summed E-state index contributed by atoms with van der Waals surface area (Å²) in [6.07, 6.45) is 4.01. The number of hydrogen-bond acceptors (Lipinski definition) is 5. The number of carbonyl (C=O) groups excluding carboxylic acids is 1. The number of carbonyl (C=O) groups is 1. The van der Waals surface area contributed by atoms with Crippen LogP contribution in [-0.4, -0.2) is 42.2 Å². The summed E-state index contributed by atoms with van der Waals surface area (Å²) in [7, 11) is 0. The van der Waals surface area contributed by atoms with E-state index in [0.717, 1.165) is 36.0 Å². The number of rotatable bonds is 6. The molecule has 7 nitrogen and oxygen atoms in total. The molecule has 1 saturated heterocycles. The molecular formula is C18H24N6O. The topological polar surface area (TPSA) is 82.2 Å². The first-order chi connectivity index (χ1) is 12.2. The lowest BCUT2D eigenvalue weighted by atomic mass is 10.2. The lowest BCUT2D eigenvalue weighted by molar-refractivity contribution is 0.252. The Hall–Kier alpha value is -2.83. The number of amides is 2. The van der Waals surface area contributed by atoms with Crippen LogP contribution in [0.2, 0.25) is 0 Å². The van der Waals surface area contributed by atoms with Gasteiger partial charge in [0.1, 0.15) is 18.0 Å². The maximum Gasteiger partial charge on any atom is 0.319 e. The number of anilines is 3. The summed E-state index contributed by atoms with van der Waals surface area (Å²) in [6.45, 7) is 5.16. The fraction of sp³-hybridized carbons (Fsp3) is 0.389. The summed E-state index contributed by atoms with van der Waals surface area (Å²) in [5, 5.41) is 8.90. The summed E-state index contributed by atoms with van der Waals surface area (Å²) >= 11 is 0. The minimum absolute atomic E-state index is 0.212. The lowest BCUT2D eigenvalue weighted by Crippen LogP contribution is -2.33. The predicted molar refractivity (Wildman–Crippen MR) is 100 cm³/mol. The van der Waals surface area contributed by atoms with Gasteiger partial charge in [0.05, 0.1) is 0 Å². The van der Waals surface area contributed by atoms with Gasteiger partial charge in [-0.3, -0.25) is 0 Å². The van der Waals surface area contributed by atoms with Gasteiger partial charge in [-0.05, 0) is 31.4 Å². The van der Waals surface area contributed by atoms with E-state index in [1.165, 1.54) is 12.8 Å². The first kappa shape index (κ1) is 17.0. The number of para-hydroxylation sites is 1. The van der Waals surface area contributed by atoms with Gasteiger partial charge >= 0.3 is 6.03 Å². The number of nitrogens with zero attached hydrogens (tertiary/aromatic N) is 3. The van der Waals surface area contributed by atoms with Crippen LogP contribution in [0.3, 0.4) is 0 Å². The van der Waals surface area contributed by atoms with E-state index in [-0.39, 0.29) is 6.03 Å². The van der Waals surface area contributed by atoms with Gasteiger partial charge in [-0.15, -0.1) is 0 Å². The SMILES string of the molecule is Cc1ccccc1NC(=O)NCCNc1cc(N2CCCC2)ncn1. The molecule has 0 saturated carbocycles. The van der Waals surface area contributed by atoms with Crippen LogP contribution in [0.15, 0.2) is 36.7 Å². The quantitative estimate of drug-likeness (QED) is 0.704. The fourth-order valence-electron chi connectivity index (χ4n) is 2.81. The van der Waals surface area contributed by atoms with Gasteiger partial charge in [0.15, 0.2) is 0 Å². The number of aromatic nitrogens is 2. The molecule has 0 atom stereocenters. The summed E-state index contributed by atoms with van der Waals surface area (Å²) in [5.41, 5.74) is 1.85. The molecule has 25 heavy (non-hydrogen) atoms. The van der Waals surface area contributed by atoms with E-state index >= 15 is 0 Å². The van der Waals surface area contributed by atoms with Crippen molar-refractivity contribution in [2.75, 3.05) is 41.7 Å². The Kier molecular flexibility index (Phi) is 5.66. The predicted octanol–water partition coefficient (Wildman–Crippen LogP) is 2.62. The molecule has 2 amide bonds. The Morgan fingerprint density at radius 1 is 1.16 bits per heavy atom. The molecule has 1 aliphatic rings. The van der Waals surface area contributed by atoms with Crippen LogP contribution in [-0.2, 0) is 0 Å². The Morgan fingerprint density at radius 3 is 2.76 bits per heavy atom. The third kappa shape index (κ3) is 4.82. The maximum absolute atomic E-state index is 11.9. The first-order valence-electron chi connectivity index (χ1n) is 8.64. The summed E-state index contributed by atoms with van der Waals surface area (Å²) in [5.74, 6) is 1.73. The molecule has 132 valence electrons. The van der Waals surface area contributed by atoms with Crippen molar-refractivity contribution in [1.82, 2.24) is 15.3 Å². The normalized spacial score (nSPS) is 13.6. The highest BCUT2D eigenvalue weighted by Crippen LogP contribution is 2.19. The molecule has 2 aromatic rings. The highest BCUT2D eigenvalue weighted by molar-refractivity contribution is 5.90. The summed E-state index contributed by atoms with van der Waals surface area (Å²) in [4.78, 5) is 22.7. The number of aryl methyl sites for hydroxylation is 1. The highest BCUT2D eigenvalue weighted by atomic mass is 16.2. The zero-order chi connectivity index (χ0) is 17.5. The molecule has 7 heteroatoms. The van der Waals surface area contributed by atoms with Gasteiger partial charge in [-0.1, -0.05) is 18.2 Å². The van der Waals surface area contributed by atoms with Crippen molar-refractivity contribution in [3.05, 3.63) is 42.2 Å². The molecule has 1 aromatic heterocycles. The summed E-state index contributed by atoms with van der Waals surface area (Å²) in [6, 6.07) is 9.44. The first-order valence-corrected chi connectivity index (χ1v) is 8.64. The van der Waals surface area contributed by atoms with Gasteiger partial charge < -0.3 is 20.9 Å². The second-order valence-corrected chi connectivity index (χ2v) is 6.08. The standard InChI is InChI=1S/C18H24N6O/c1-14-6-2-3-7-15(14)23-18(25)20-9-8-19-16-12-17(22-13-21-16)24-10-4-5-11-24/h2-3,6-7,12-13H,4-5,8-11H2,1H3,(H,19,21,22)(H2,20,23,25). The minimum Gasteiger partial charge on any atom is -0.368 e. The van der Waals surface area contributed by atoms with Crippen LogP contribution in [0, 0.1) is 6.92 Å². The third-order valence-electron chi connectivity index (χ3n) is 4.19. The van der Waals surface area contributed by atoms with Crippen molar-refractivity contribution in [3.63, 3.8) is 0 Å². The van der Waals surface area contributed by atoms with E-state index in [1.54, 1.807) is 6.33 Å². The Balaban J connectivity index is 1.41. The Labute approximate surface area is 147 Å². The smallest absolute Gasteiger partial charge is 0.319 e. The molecule has 1 aromatic carbocycles. The average molecular weight is 340 g/mol. The third-order valence-corrected chi connectivity index (χ3v) is 4.19. The molecule has 0 bridgehead atoms. The Bertz CT molecular complexity index is 714. The van der Waals surface area contributed by atoms with Gasteiger partial charge in [-0.25, -0.2) is 14.8 Å². The second kappa shape index (κ2) is 8.32. The van der Waals surface area contributed by atoms with E-state index in [2.05, 4.69) is 30.8 Å². The van der Waals surface area contributed by atoms with Crippen molar-refractivity contribution >= 4 is 23.4 Å². The summed E-state index contributed by atoms with van der Waals surface area (Å²) < 4.78 is 0. The second-order valence-electron chi connectivity index (χ2n) is 6.08. The molecule has 0 aliphatic carbocycles. The van der Waals surface area contributed by atoms with Crippen molar-refractivity contribution in [2.24, 2.45) is 0 Å². The number of nitrogens with one attached hydrogen (secondary N) is 3. The van der Waals surface area contributed by atoms with Gasteiger partial charge in [0.25, 0.3) is 0 Å². The van der Waals surface area contributed by atoms with Crippen LogP contribution in [0.4, 0.5) is 22.1 Å². The largest absolute Gasteiger partial charge is 0.368 e. The van der Waals surface area contributed by atoms with Crippen LogP contribution in [0.1, 0.15) is 18.4 Å². The molecule has 0 unspecified atom stereocenters. The Morgan fingerprint density at radius 2 is 1.96 bits per heavy atom.